The molecule has 6 nitrogen and oxygen atoms in total. The zero-order chi connectivity index (χ0) is 29.2. The summed E-state index contributed by atoms with van der Waals surface area (Å²) in [5.74, 6) is -2.73. The van der Waals surface area contributed by atoms with Gasteiger partial charge in [-0.25, -0.2) is 13.8 Å². The van der Waals surface area contributed by atoms with Crippen LogP contribution in [0.25, 0.3) is 0 Å². The summed E-state index contributed by atoms with van der Waals surface area (Å²) in [5.41, 5.74) is -0.0665. The summed E-state index contributed by atoms with van der Waals surface area (Å²) in [6.45, 7) is 0.0372. The molecule has 1 aromatic carbocycles. The molecule has 0 spiro atoms. The molecule has 3 aliphatic rings. The molecule has 2 aliphatic carbocycles. The highest BCUT2D eigenvalue weighted by Crippen LogP contribution is 2.55. The lowest BCUT2D eigenvalue weighted by atomic mass is 9.83. The zero-order valence-electron chi connectivity index (χ0n) is 21.9. The number of nitrogens with one attached hydrogen (secondary N) is 1. The average Bonchev–Trinajstić information content (AvgIpc) is 3.61. The van der Waals surface area contributed by atoms with Crippen LogP contribution in [0.1, 0.15) is 89.2 Å². The molecule has 0 bridgehead atoms. The second kappa shape index (κ2) is 10.0. The number of aliphatic hydroxyl groups excluding tert-OH is 1. The van der Waals surface area contributed by atoms with Crippen LogP contribution in [0.15, 0.2) is 40.5 Å². The van der Waals surface area contributed by atoms with Crippen LogP contribution in [0.5, 0.6) is 0 Å². The van der Waals surface area contributed by atoms with E-state index in [4.69, 9.17) is 4.98 Å². The highest BCUT2D eigenvalue weighted by atomic mass is 32.1. The van der Waals surface area contributed by atoms with E-state index in [-0.39, 0.29) is 49.4 Å². The lowest BCUT2D eigenvalue weighted by molar-refractivity contribution is -0.142. The number of halogens is 5. The molecule has 12 heteroatoms. The molecule has 1 atom stereocenters. The van der Waals surface area contributed by atoms with Gasteiger partial charge in [-0.15, -0.1) is 11.3 Å². The third kappa shape index (κ3) is 5.31. The van der Waals surface area contributed by atoms with Crippen LogP contribution in [0.2, 0.25) is 0 Å². The summed E-state index contributed by atoms with van der Waals surface area (Å²) >= 11 is 1.56. The zero-order valence-corrected chi connectivity index (χ0v) is 22.8. The van der Waals surface area contributed by atoms with Gasteiger partial charge in [0, 0.05) is 30.7 Å². The first-order chi connectivity index (χ1) is 19.4. The molecule has 3 heterocycles. The molecule has 2 fully saturated rings. The van der Waals surface area contributed by atoms with Crippen molar-refractivity contribution in [1.29, 1.82) is 0 Å². The molecule has 3 aromatic rings. The van der Waals surface area contributed by atoms with Gasteiger partial charge >= 0.3 is 6.18 Å². The van der Waals surface area contributed by atoms with Gasteiger partial charge in [-0.05, 0) is 66.3 Å². The van der Waals surface area contributed by atoms with E-state index in [1.54, 1.807) is 11.3 Å². The fourth-order valence-electron chi connectivity index (χ4n) is 5.95. The van der Waals surface area contributed by atoms with Crippen molar-refractivity contribution < 1.29 is 31.9 Å². The van der Waals surface area contributed by atoms with Gasteiger partial charge in [0.1, 0.15) is 5.82 Å². The maximum absolute atomic E-state index is 13.6. The quantitative estimate of drug-likeness (QED) is 0.364. The Hall–Kier alpha value is -3.12. The van der Waals surface area contributed by atoms with Gasteiger partial charge in [0.25, 0.3) is 11.5 Å². The Morgan fingerprint density at radius 1 is 1.15 bits per heavy atom. The van der Waals surface area contributed by atoms with Crippen LogP contribution in [-0.4, -0.2) is 38.3 Å². The van der Waals surface area contributed by atoms with Gasteiger partial charge in [0.2, 0.25) is 5.92 Å². The molecular weight excluding hydrogens is 565 g/mol. The van der Waals surface area contributed by atoms with Crippen molar-refractivity contribution in [2.45, 2.75) is 81.0 Å². The van der Waals surface area contributed by atoms with Crippen molar-refractivity contribution >= 4 is 17.2 Å². The molecule has 0 radical (unpaired) electrons. The van der Waals surface area contributed by atoms with E-state index < -0.39 is 40.6 Å². The summed E-state index contributed by atoms with van der Waals surface area (Å²) in [5, 5.41) is 12.6. The Morgan fingerprint density at radius 3 is 2.56 bits per heavy atom. The van der Waals surface area contributed by atoms with Gasteiger partial charge in [0.15, 0.2) is 6.10 Å². The number of aromatic nitrogens is 2. The van der Waals surface area contributed by atoms with E-state index in [1.165, 1.54) is 11.0 Å². The number of fused-ring (bicyclic) bond motifs is 1. The SMILES string of the molecule is O=C([C@H](O)c1cccc(C(F)(F)F)c1)N1CCc2nc(C3(c4cc(C5CCC(F)(F)CC5)cs4)CC3)[nH]c(=O)c2C1. The van der Waals surface area contributed by atoms with Crippen LogP contribution in [0, 0.1) is 0 Å². The topological polar surface area (TPSA) is 86.3 Å². The summed E-state index contributed by atoms with van der Waals surface area (Å²) in [6.07, 6.45) is -3.89. The van der Waals surface area contributed by atoms with E-state index in [1.807, 2.05) is 5.38 Å². The number of alkyl halides is 5. The molecular formula is C29H28F5N3O3S. The number of rotatable bonds is 5. The molecule has 2 aromatic heterocycles. The van der Waals surface area contributed by atoms with E-state index in [0.717, 1.165) is 41.5 Å². The Morgan fingerprint density at radius 2 is 1.88 bits per heavy atom. The van der Waals surface area contributed by atoms with Crippen molar-refractivity contribution in [2.24, 2.45) is 0 Å². The van der Waals surface area contributed by atoms with Gasteiger partial charge < -0.3 is 15.0 Å². The predicted octanol–water partition coefficient (Wildman–Crippen LogP) is 5.84. The first kappa shape index (κ1) is 28.0. The predicted molar refractivity (Wildman–Crippen MR) is 141 cm³/mol. The van der Waals surface area contributed by atoms with Gasteiger partial charge in [-0.3, -0.25) is 9.59 Å². The smallest absolute Gasteiger partial charge is 0.378 e. The third-order valence-corrected chi connectivity index (χ3v) is 9.78. The lowest BCUT2D eigenvalue weighted by Crippen LogP contribution is -2.42. The second-order valence-corrected chi connectivity index (χ2v) is 12.2. The van der Waals surface area contributed by atoms with Crippen molar-refractivity contribution in [3.05, 3.63) is 84.7 Å². The van der Waals surface area contributed by atoms with Gasteiger partial charge in [0.05, 0.1) is 28.8 Å². The Balaban J connectivity index is 1.19. The highest BCUT2D eigenvalue weighted by molar-refractivity contribution is 7.10. The fraction of sp³-hybridized carbons (Fsp3) is 0.483. The molecule has 218 valence electrons. The number of aliphatic hydroxyl groups is 1. The van der Waals surface area contributed by atoms with Crippen LogP contribution < -0.4 is 5.56 Å². The van der Waals surface area contributed by atoms with Crippen molar-refractivity contribution in [2.75, 3.05) is 6.54 Å². The number of nitrogens with zero attached hydrogens (tertiary/aromatic N) is 2. The Labute approximate surface area is 236 Å². The normalized spacial score (nSPS) is 20.9. The number of hydrogen-bond acceptors (Lipinski definition) is 5. The summed E-state index contributed by atoms with van der Waals surface area (Å²) in [7, 11) is 0. The Bertz CT molecular complexity index is 1530. The molecule has 2 saturated carbocycles. The average molecular weight is 594 g/mol. The fourth-order valence-corrected chi connectivity index (χ4v) is 7.21. The van der Waals surface area contributed by atoms with Crippen LogP contribution >= 0.6 is 11.3 Å². The molecule has 41 heavy (non-hydrogen) atoms. The molecule has 6 rings (SSSR count). The number of amides is 1. The number of thiophene rings is 1. The molecule has 2 N–H and O–H groups in total. The number of benzene rings is 1. The maximum atomic E-state index is 13.6. The van der Waals surface area contributed by atoms with Crippen LogP contribution in [0.3, 0.4) is 0 Å². The van der Waals surface area contributed by atoms with Gasteiger partial charge in [-0.2, -0.15) is 13.2 Å². The van der Waals surface area contributed by atoms with E-state index in [9.17, 15) is 36.6 Å². The largest absolute Gasteiger partial charge is 0.416 e. The van der Waals surface area contributed by atoms with Crippen molar-refractivity contribution in [3.63, 3.8) is 0 Å². The van der Waals surface area contributed by atoms with Gasteiger partial charge in [-0.1, -0.05) is 12.1 Å². The van der Waals surface area contributed by atoms with Crippen LogP contribution in [0.4, 0.5) is 22.0 Å². The number of carbonyl (C=O) groups is 1. The number of H-pyrrole nitrogens is 1. The highest BCUT2D eigenvalue weighted by Gasteiger charge is 2.50. The Kier molecular flexibility index (Phi) is 6.84. The minimum atomic E-state index is -4.61. The lowest BCUT2D eigenvalue weighted by Gasteiger charge is -2.30. The van der Waals surface area contributed by atoms with E-state index >= 15 is 0 Å². The summed E-state index contributed by atoms with van der Waals surface area (Å²) in [4.78, 5) is 36.2. The molecule has 0 saturated heterocycles. The number of carbonyl (C=O) groups excluding carboxylic acids is 1. The molecule has 1 aliphatic heterocycles. The third-order valence-electron chi connectivity index (χ3n) is 8.63. The van der Waals surface area contributed by atoms with Crippen LogP contribution in [-0.2, 0) is 29.4 Å². The standard InChI is InChI=1S/C29H28F5N3O3S/c30-28(31)7-4-16(5-8-28)18-13-22(41-15-18)27(9-10-27)26-35-21-6-11-37(14-20(21)24(39)36-26)25(40)23(38)17-2-1-3-19(12-17)29(32,33)34/h1-3,12-13,15-16,23,38H,4-11,14H2,(H,35,36,39)/t23-/m1/s1. The van der Waals surface area contributed by atoms with Crippen molar-refractivity contribution in [1.82, 2.24) is 14.9 Å². The van der Waals surface area contributed by atoms with E-state index in [2.05, 4.69) is 11.1 Å². The number of aromatic amines is 1. The minimum Gasteiger partial charge on any atom is -0.378 e. The first-order valence-corrected chi connectivity index (χ1v) is 14.5. The monoisotopic (exact) mass is 593 g/mol. The molecule has 1 amide bonds. The van der Waals surface area contributed by atoms with E-state index in [0.29, 0.717) is 24.4 Å². The first-order valence-electron chi connectivity index (χ1n) is 13.6. The minimum absolute atomic E-state index is 0.0979. The number of hydrogen-bond donors (Lipinski definition) is 2. The van der Waals surface area contributed by atoms with Crippen molar-refractivity contribution in [3.8, 4) is 0 Å². The maximum Gasteiger partial charge on any atom is 0.416 e. The summed E-state index contributed by atoms with van der Waals surface area (Å²) < 4.78 is 66.5. The second-order valence-electron chi connectivity index (χ2n) is 11.3. The summed E-state index contributed by atoms with van der Waals surface area (Å²) in [6, 6.07) is 6.07. The molecule has 0 unspecified atom stereocenters.